The van der Waals surface area contributed by atoms with E-state index in [1.807, 2.05) is 13.8 Å². The van der Waals surface area contributed by atoms with Gasteiger partial charge in [0.25, 0.3) is 0 Å². The maximum Gasteiger partial charge on any atom is 0.154 e. The fourth-order valence-electron chi connectivity index (χ4n) is 1.46. The fourth-order valence-corrected chi connectivity index (χ4v) is 3.47. The first kappa shape index (κ1) is 15.5. The van der Waals surface area contributed by atoms with Crippen molar-refractivity contribution in [2.45, 2.75) is 26.0 Å². The van der Waals surface area contributed by atoms with Gasteiger partial charge in [0.2, 0.25) is 0 Å². The van der Waals surface area contributed by atoms with Gasteiger partial charge in [-0.15, -0.1) is 0 Å². The van der Waals surface area contributed by atoms with Crippen LogP contribution in [0.2, 0.25) is 5.02 Å². The maximum absolute atomic E-state index is 12.0. The summed E-state index contributed by atoms with van der Waals surface area (Å²) in [5.74, 6) is 0.135. The van der Waals surface area contributed by atoms with E-state index in [9.17, 15) is 8.42 Å². The first-order chi connectivity index (χ1) is 8.26. The lowest BCUT2D eigenvalue weighted by Crippen LogP contribution is -2.26. The highest BCUT2D eigenvalue weighted by molar-refractivity contribution is 7.90. The molecule has 0 aliphatic rings. The maximum atomic E-state index is 12.0. The van der Waals surface area contributed by atoms with Crippen LogP contribution in [0.15, 0.2) is 24.3 Å². The molecule has 0 unspecified atom stereocenters. The van der Waals surface area contributed by atoms with Gasteiger partial charge in [-0.05, 0) is 30.0 Å². The molecule has 18 heavy (non-hydrogen) atoms. The third kappa shape index (κ3) is 4.96. The molecule has 0 amide bonds. The Bertz CT molecular complexity index is 497. The van der Waals surface area contributed by atoms with Crippen molar-refractivity contribution < 1.29 is 8.42 Å². The molecule has 0 fully saturated rings. The van der Waals surface area contributed by atoms with E-state index >= 15 is 0 Å². The zero-order chi connectivity index (χ0) is 13.8. The van der Waals surface area contributed by atoms with Gasteiger partial charge in [-0.25, -0.2) is 8.42 Å². The summed E-state index contributed by atoms with van der Waals surface area (Å²) in [4.78, 5) is 0. The number of nitrogens with two attached hydrogens (primary N) is 1. The van der Waals surface area contributed by atoms with E-state index in [-0.39, 0.29) is 16.9 Å². The van der Waals surface area contributed by atoms with E-state index in [2.05, 4.69) is 0 Å². The summed E-state index contributed by atoms with van der Waals surface area (Å²) in [6.07, 6.45) is 0.566. The van der Waals surface area contributed by atoms with E-state index in [4.69, 9.17) is 17.3 Å². The first-order valence-corrected chi connectivity index (χ1v) is 8.10. The zero-order valence-corrected chi connectivity index (χ0v) is 12.4. The van der Waals surface area contributed by atoms with Crippen molar-refractivity contribution in [2.24, 2.45) is 11.1 Å². The van der Waals surface area contributed by atoms with E-state index in [1.165, 1.54) is 0 Å². The van der Waals surface area contributed by atoms with Crippen molar-refractivity contribution >= 4 is 21.4 Å². The molecule has 0 bridgehead atoms. The summed E-state index contributed by atoms with van der Waals surface area (Å²) in [6.45, 7) is 4.42. The highest BCUT2D eigenvalue weighted by Gasteiger charge is 2.21. The molecule has 0 atom stereocenters. The Hall–Kier alpha value is -0.580. The molecule has 1 rings (SSSR count). The van der Waals surface area contributed by atoms with Crippen molar-refractivity contribution in [3.63, 3.8) is 0 Å². The number of hydrogen-bond acceptors (Lipinski definition) is 3. The van der Waals surface area contributed by atoms with Crippen LogP contribution in [-0.4, -0.2) is 20.7 Å². The molecular formula is C13H20ClNO2S. The number of sulfone groups is 1. The van der Waals surface area contributed by atoms with Crippen molar-refractivity contribution in [3.8, 4) is 0 Å². The molecule has 3 nitrogen and oxygen atoms in total. The SMILES string of the molecule is CC(C)(CN)CCS(=O)(=O)Cc1ccccc1Cl. The van der Waals surface area contributed by atoms with Crippen LogP contribution in [0.1, 0.15) is 25.8 Å². The standard InChI is InChI=1S/C13H20ClNO2S/c1-13(2,10-15)7-8-18(16,17)9-11-5-3-4-6-12(11)14/h3-6H,7-10,15H2,1-2H3. The third-order valence-corrected chi connectivity index (χ3v) is 4.92. The van der Waals surface area contributed by atoms with Crippen LogP contribution in [0.25, 0.3) is 0 Å². The lowest BCUT2D eigenvalue weighted by atomic mass is 9.91. The summed E-state index contributed by atoms with van der Waals surface area (Å²) >= 11 is 5.96. The van der Waals surface area contributed by atoms with E-state index in [0.29, 0.717) is 23.6 Å². The van der Waals surface area contributed by atoms with Crippen molar-refractivity contribution in [1.29, 1.82) is 0 Å². The van der Waals surface area contributed by atoms with E-state index in [0.717, 1.165) is 0 Å². The van der Waals surface area contributed by atoms with Crippen LogP contribution in [-0.2, 0) is 15.6 Å². The molecule has 5 heteroatoms. The molecule has 0 saturated heterocycles. The molecular weight excluding hydrogens is 270 g/mol. The first-order valence-electron chi connectivity index (χ1n) is 5.90. The van der Waals surface area contributed by atoms with Gasteiger partial charge in [0.1, 0.15) is 0 Å². The second kappa shape index (κ2) is 6.04. The van der Waals surface area contributed by atoms with E-state index in [1.54, 1.807) is 24.3 Å². The van der Waals surface area contributed by atoms with Crippen molar-refractivity contribution in [1.82, 2.24) is 0 Å². The normalized spacial score (nSPS) is 12.7. The Morgan fingerprint density at radius 1 is 1.28 bits per heavy atom. The Morgan fingerprint density at radius 2 is 1.89 bits per heavy atom. The third-order valence-electron chi connectivity index (χ3n) is 2.98. The van der Waals surface area contributed by atoms with Gasteiger partial charge < -0.3 is 5.73 Å². The van der Waals surface area contributed by atoms with Gasteiger partial charge in [-0.2, -0.15) is 0 Å². The molecule has 0 aliphatic heterocycles. The number of hydrogen-bond donors (Lipinski definition) is 1. The molecule has 2 N–H and O–H groups in total. The zero-order valence-electron chi connectivity index (χ0n) is 10.8. The Balaban J connectivity index is 2.69. The smallest absolute Gasteiger partial charge is 0.154 e. The van der Waals surface area contributed by atoms with Gasteiger partial charge in [0.15, 0.2) is 9.84 Å². The molecule has 0 aliphatic carbocycles. The van der Waals surface area contributed by atoms with Gasteiger partial charge in [-0.1, -0.05) is 43.6 Å². The fraction of sp³-hybridized carbons (Fsp3) is 0.538. The number of rotatable bonds is 6. The minimum absolute atomic E-state index is 0.00662. The van der Waals surface area contributed by atoms with E-state index < -0.39 is 9.84 Å². The van der Waals surface area contributed by atoms with Gasteiger partial charge >= 0.3 is 0 Å². The largest absolute Gasteiger partial charge is 0.330 e. The van der Waals surface area contributed by atoms with Crippen LogP contribution in [0.3, 0.4) is 0 Å². The average molecular weight is 290 g/mol. The molecule has 0 saturated carbocycles. The highest BCUT2D eigenvalue weighted by Crippen LogP contribution is 2.22. The lowest BCUT2D eigenvalue weighted by molar-refractivity contribution is 0.365. The molecule has 0 spiro atoms. The number of halogens is 1. The summed E-state index contributed by atoms with van der Waals surface area (Å²) in [5, 5.41) is 0.499. The summed E-state index contributed by atoms with van der Waals surface area (Å²) in [7, 11) is -3.14. The van der Waals surface area contributed by atoms with Crippen LogP contribution in [0.5, 0.6) is 0 Å². The highest BCUT2D eigenvalue weighted by atomic mass is 35.5. The second-order valence-corrected chi connectivity index (χ2v) is 7.89. The molecule has 1 aromatic rings. The Labute approximate surface area is 114 Å². The van der Waals surface area contributed by atoms with Gasteiger partial charge in [-0.3, -0.25) is 0 Å². The van der Waals surface area contributed by atoms with Crippen LogP contribution < -0.4 is 5.73 Å². The minimum atomic E-state index is -3.14. The Morgan fingerprint density at radius 3 is 2.44 bits per heavy atom. The molecule has 1 aromatic carbocycles. The van der Waals surface area contributed by atoms with Crippen molar-refractivity contribution in [3.05, 3.63) is 34.9 Å². The topological polar surface area (TPSA) is 60.2 Å². The molecule has 0 aromatic heterocycles. The summed E-state index contributed by atoms with van der Waals surface area (Å²) < 4.78 is 24.0. The minimum Gasteiger partial charge on any atom is -0.330 e. The van der Waals surface area contributed by atoms with Crippen LogP contribution in [0, 0.1) is 5.41 Å². The second-order valence-electron chi connectivity index (χ2n) is 5.30. The summed E-state index contributed by atoms with van der Waals surface area (Å²) in [5.41, 5.74) is 6.11. The average Bonchev–Trinajstić information content (AvgIpc) is 2.30. The lowest BCUT2D eigenvalue weighted by Gasteiger charge is -2.21. The Kier molecular flexibility index (Phi) is 5.20. The molecule has 0 radical (unpaired) electrons. The number of benzene rings is 1. The molecule has 102 valence electrons. The monoisotopic (exact) mass is 289 g/mol. The summed E-state index contributed by atoms with van der Waals surface area (Å²) in [6, 6.07) is 7.03. The molecule has 0 heterocycles. The van der Waals surface area contributed by atoms with Gasteiger partial charge in [0.05, 0.1) is 11.5 Å². The van der Waals surface area contributed by atoms with Gasteiger partial charge in [0, 0.05) is 5.02 Å². The van der Waals surface area contributed by atoms with Crippen molar-refractivity contribution in [2.75, 3.05) is 12.3 Å². The van der Waals surface area contributed by atoms with Crippen LogP contribution in [0.4, 0.5) is 0 Å². The quantitative estimate of drug-likeness (QED) is 0.876. The van der Waals surface area contributed by atoms with Crippen LogP contribution >= 0.6 is 11.6 Å². The predicted molar refractivity (Wildman–Crippen MR) is 76.4 cm³/mol. The predicted octanol–water partition coefficient (Wildman–Crippen LogP) is 2.63.